The number of halogens is 1. The van der Waals surface area contributed by atoms with Crippen molar-refractivity contribution >= 4 is 27.6 Å². The second kappa shape index (κ2) is 7.53. The van der Waals surface area contributed by atoms with Crippen molar-refractivity contribution in [2.75, 3.05) is 20.3 Å². The van der Waals surface area contributed by atoms with Crippen LogP contribution < -0.4 is 14.2 Å². The van der Waals surface area contributed by atoms with Gasteiger partial charge in [-0.1, -0.05) is 17.7 Å². The molecular formula is C17H16ClNO6S. The molecule has 0 fully saturated rings. The van der Waals surface area contributed by atoms with Crippen molar-refractivity contribution in [3.8, 4) is 11.5 Å². The van der Waals surface area contributed by atoms with Crippen LogP contribution in [0, 0.1) is 0 Å². The molecule has 0 atom stereocenters. The molecule has 1 N–H and O–H groups in total. The summed E-state index contributed by atoms with van der Waals surface area (Å²) < 4.78 is 42.0. The lowest BCUT2D eigenvalue weighted by Crippen LogP contribution is -2.19. The van der Waals surface area contributed by atoms with Gasteiger partial charge in [-0.15, -0.1) is 0 Å². The first-order valence-corrected chi connectivity index (χ1v) is 9.55. The average Bonchev–Trinajstić information content (AvgIpc) is 2.66. The molecule has 0 bridgehead atoms. The highest BCUT2D eigenvalue weighted by molar-refractivity contribution is 7.89. The minimum atomic E-state index is -3.64. The van der Waals surface area contributed by atoms with E-state index >= 15 is 0 Å². The maximum atomic E-state index is 12.2. The second-order valence-electron chi connectivity index (χ2n) is 5.41. The molecule has 0 aromatic heterocycles. The largest absolute Gasteiger partial charge is 0.486 e. The number of hydrogen-bond acceptors (Lipinski definition) is 6. The maximum Gasteiger partial charge on any atom is 0.338 e. The molecule has 3 rings (SSSR count). The number of fused-ring (bicyclic) bond motifs is 1. The molecule has 7 nitrogen and oxygen atoms in total. The van der Waals surface area contributed by atoms with Gasteiger partial charge in [0.15, 0.2) is 11.5 Å². The first-order chi connectivity index (χ1) is 12.4. The SMILES string of the molecule is CNS(=O)(=O)c1cccc(C(=O)OCc2cc(Cl)c3c(c2)OCCO3)c1. The second-order valence-corrected chi connectivity index (χ2v) is 7.71. The standard InChI is InChI=1S/C17H16ClNO6S/c1-19-26(21,22)13-4-2-3-12(9-13)17(20)25-10-11-7-14(18)16-15(8-11)23-5-6-24-16/h2-4,7-9,19H,5-6,10H2,1H3. The van der Waals surface area contributed by atoms with Gasteiger partial charge in [-0.05, 0) is 42.9 Å². The lowest BCUT2D eigenvalue weighted by molar-refractivity contribution is 0.0471. The first-order valence-electron chi connectivity index (χ1n) is 7.69. The third-order valence-corrected chi connectivity index (χ3v) is 5.37. The van der Waals surface area contributed by atoms with Crippen molar-refractivity contribution in [1.29, 1.82) is 0 Å². The Morgan fingerprint density at radius 1 is 1.23 bits per heavy atom. The van der Waals surface area contributed by atoms with E-state index < -0.39 is 16.0 Å². The predicted molar refractivity (Wildman–Crippen MR) is 94.2 cm³/mol. The van der Waals surface area contributed by atoms with Gasteiger partial charge in [0.2, 0.25) is 10.0 Å². The lowest BCUT2D eigenvalue weighted by Gasteiger charge is -2.20. The Hall–Kier alpha value is -2.29. The molecule has 0 amide bonds. The minimum Gasteiger partial charge on any atom is -0.486 e. The summed E-state index contributed by atoms with van der Waals surface area (Å²) in [5.74, 6) is 0.319. The van der Waals surface area contributed by atoms with Gasteiger partial charge in [0.1, 0.15) is 19.8 Å². The summed E-state index contributed by atoms with van der Waals surface area (Å²) in [7, 11) is -2.35. The zero-order chi connectivity index (χ0) is 18.7. The Labute approximate surface area is 155 Å². The monoisotopic (exact) mass is 397 g/mol. The van der Waals surface area contributed by atoms with E-state index in [1.165, 1.54) is 31.3 Å². The van der Waals surface area contributed by atoms with Gasteiger partial charge in [0.25, 0.3) is 0 Å². The summed E-state index contributed by atoms with van der Waals surface area (Å²) >= 11 is 6.15. The summed E-state index contributed by atoms with van der Waals surface area (Å²) in [6, 6.07) is 8.92. The number of benzene rings is 2. The quantitative estimate of drug-likeness (QED) is 0.779. The summed E-state index contributed by atoms with van der Waals surface area (Å²) in [5.41, 5.74) is 0.761. The zero-order valence-electron chi connectivity index (χ0n) is 13.8. The average molecular weight is 398 g/mol. The molecule has 1 aliphatic heterocycles. The minimum absolute atomic E-state index is 0.0168. The Morgan fingerprint density at radius 2 is 2.00 bits per heavy atom. The molecule has 26 heavy (non-hydrogen) atoms. The smallest absolute Gasteiger partial charge is 0.338 e. The van der Waals surface area contributed by atoms with Crippen LogP contribution in [-0.4, -0.2) is 34.6 Å². The molecule has 0 aliphatic carbocycles. The third kappa shape index (κ3) is 3.92. The van der Waals surface area contributed by atoms with Crippen molar-refractivity contribution in [2.24, 2.45) is 0 Å². The van der Waals surface area contributed by atoms with Crippen LogP contribution in [0.1, 0.15) is 15.9 Å². The summed E-state index contributed by atoms with van der Waals surface area (Å²) in [6.45, 7) is 0.796. The van der Waals surface area contributed by atoms with Gasteiger partial charge < -0.3 is 14.2 Å². The van der Waals surface area contributed by atoms with E-state index in [-0.39, 0.29) is 17.1 Å². The van der Waals surface area contributed by atoms with Gasteiger partial charge >= 0.3 is 5.97 Å². The van der Waals surface area contributed by atoms with Crippen LogP contribution in [0.4, 0.5) is 0 Å². The molecule has 2 aromatic rings. The lowest BCUT2D eigenvalue weighted by atomic mass is 10.2. The van der Waals surface area contributed by atoms with Crippen LogP contribution in [0.3, 0.4) is 0 Å². The highest BCUT2D eigenvalue weighted by atomic mass is 35.5. The number of sulfonamides is 1. The van der Waals surface area contributed by atoms with Crippen LogP contribution in [0.25, 0.3) is 0 Å². The van der Waals surface area contributed by atoms with Crippen LogP contribution in [-0.2, 0) is 21.4 Å². The summed E-state index contributed by atoms with van der Waals surface area (Å²) in [4.78, 5) is 12.2. The number of hydrogen-bond donors (Lipinski definition) is 1. The van der Waals surface area contributed by atoms with Crippen molar-refractivity contribution in [1.82, 2.24) is 4.72 Å². The fraction of sp³-hybridized carbons (Fsp3) is 0.235. The number of esters is 1. The third-order valence-electron chi connectivity index (χ3n) is 3.68. The molecule has 9 heteroatoms. The number of nitrogens with one attached hydrogen (secondary N) is 1. The van der Waals surface area contributed by atoms with Gasteiger partial charge in [-0.2, -0.15) is 0 Å². The van der Waals surface area contributed by atoms with Crippen LogP contribution >= 0.6 is 11.6 Å². The van der Waals surface area contributed by atoms with E-state index in [2.05, 4.69) is 4.72 Å². The molecule has 0 saturated carbocycles. The fourth-order valence-electron chi connectivity index (χ4n) is 2.39. The molecule has 1 heterocycles. The highest BCUT2D eigenvalue weighted by Gasteiger charge is 2.18. The van der Waals surface area contributed by atoms with Crippen LogP contribution in [0.15, 0.2) is 41.3 Å². The van der Waals surface area contributed by atoms with E-state index in [0.29, 0.717) is 35.3 Å². The summed E-state index contributed by atoms with van der Waals surface area (Å²) in [5, 5.41) is 0.371. The van der Waals surface area contributed by atoms with Crippen molar-refractivity contribution < 1.29 is 27.4 Å². The van der Waals surface area contributed by atoms with Crippen LogP contribution in [0.2, 0.25) is 5.02 Å². The van der Waals surface area contributed by atoms with Gasteiger partial charge in [0, 0.05) is 0 Å². The predicted octanol–water partition coefficient (Wildman–Crippen LogP) is 2.38. The van der Waals surface area contributed by atoms with Crippen molar-refractivity contribution in [3.63, 3.8) is 0 Å². The van der Waals surface area contributed by atoms with Crippen LogP contribution in [0.5, 0.6) is 11.5 Å². The molecule has 2 aromatic carbocycles. The molecule has 0 spiro atoms. The Morgan fingerprint density at radius 3 is 2.77 bits per heavy atom. The number of rotatable bonds is 5. The number of carbonyl (C=O) groups excluding carboxylic acids is 1. The molecular weight excluding hydrogens is 382 g/mol. The maximum absolute atomic E-state index is 12.2. The van der Waals surface area contributed by atoms with Crippen molar-refractivity contribution in [2.45, 2.75) is 11.5 Å². The molecule has 138 valence electrons. The molecule has 0 unspecified atom stereocenters. The van der Waals surface area contributed by atoms with E-state index in [9.17, 15) is 13.2 Å². The Bertz CT molecular complexity index is 944. The molecule has 0 saturated heterocycles. The normalized spacial score (nSPS) is 13.3. The van der Waals surface area contributed by atoms with Crippen molar-refractivity contribution in [3.05, 3.63) is 52.5 Å². The van der Waals surface area contributed by atoms with E-state index in [0.717, 1.165) is 0 Å². The summed E-state index contributed by atoms with van der Waals surface area (Å²) in [6.07, 6.45) is 0. The first kappa shape index (κ1) is 18.5. The topological polar surface area (TPSA) is 90.9 Å². The van der Waals surface area contributed by atoms with Gasteiger partial charge in [-0.25, -0.2) is 17.9 Å². The van der Waals surface area contributed by atoms with E-state index in [1.807, 2.05) is 0 Å². The van der Waals surface area contributed by atoms with Gasteiger partial charge in [-0.3, -0.25) is 0 Å². The molecule has 1 aliphatic rings. The molecule has 0 radical (unpaired) electrons. The number of ether oxygens (including phenoxy) is 3. The fourth-order valence-corrected chi connectivity index (χ4v) is 3.45. The zero-order valence-corrected chi connectivity index (χ0v) is 15.4. The van der Waals surface area contributed by atoms with Gasteiger partial charge in [0.05, 0.1) is 15.5 Å². The highest BCUT2D eigenvalue weighted by Crippen LogP contribution is 2.38. The Balaban J connectivity index is 1.74. The van der Waals surface area contributed by atoms with E-state index in [1.54, 1.807) is 12.1 Å². The Kier molecular flexibility index (Phi) is 5.36. The number of carbonyl (C=O) groups is 1. The van der Waals surface area contributed by atoms with E-state index in [4.69, 9.17) is 25.8 Å².